The van der Waals surface area contributed by atoms with Crippen molar-refractivity contribution in [1.29, 1.82) is 0 Å². The highest BCUT2D eigenvalue weighted by Gasteiger charge is 2.17. The zero-order chi connectivity index (χ0) is 26.1. The first-order chi connectivity index (χ1) is 17.4. The highest BCUT2D eigenvalue weighted by atomic mass is 35.5. The van der Waals surface area contributed by atoms with Gasteiger partial charge in [-0.3, -0.25) is 9.59 Å². The van der Waals surface area contributed by atoms with Crippen LogP contribution in [0.5, 0.6) is 0 Å². The van der Waals surface area contributed by atoms with E-state index in [-0.39, 0.29) is 24.0 Å². The molecule has 10 heteroatoms. The average Bonchev–Trinajstić information content (AvgIpc) is 2.89. The number of rotatable bonds is 6. The fourth-order valence-electron chi connectivity index (χ4n) is 4.12. The SMILES string of the molecule is CNC(=O)c1ccc(-c2cc(F)c(Nc3ncc(Cl)c(NC4CCCCC4)n3)cc2C)cc1.NC=O. The Balaban J connectivity index is 0.00000115. The van der Waals surface area contributed by atoms with Crippen molar-refractivity contribution in [1.82, 2.24) is 15.3 Å². The summed E-state index contributed by atoms with van der Waals surface area (Å²) in [4.78, 5) is 29.0. The molecule has 1 aromatic heterocycles. The van der Waals surface area contributed by atoms with Gasteiger partial charge < -0.3 is 21.7 Å². The Morgan fingerprint density at radius 1 is 1.17 bits per heavy atom. The van der Waals surface area contributed by atoms with Crippen molar-refractivity contribution in [2.75, 3.05) is 17.7 Å². The van der Waals surface area contributed by atoms with E-state index < -0.39 is 5.82 Å². The monoisotopic (exact) mass is 512 g/mol. The molecule has 1 aliphatic carbocycles. The first-order valence-electron chi connectivity index (χ1n) is 11.7. The lowest BCUT2D eigenvalue weighted by Crippen LogP contribution is -2.23. The molecule has 2 amide bonds. The number of nitrogens with two attached hydrogens (primary N) is 1. The van der Waals surface area contributed by atoms with Crippen LogP contribution in [-0.2, 0) is 4.79 Å². The van der Waals surface area contributed by atoms with E-state index >= 15 is 0 Å². The third kappa shape index (κ3) is 6.91. The van der Waals surface area contributed by atoms with Gasteiger partial charge in [-0.1, -0.05) is 43.0 Å². The normalized spacial score (nSPS) is 13.2. The number of hydrogen-bond acceptors (Lipinski definition) is 6. The molecular weight excluding hydrogens is 483 g/mol. The van der Waals surface area contributed by atoms with E-state index in [1.165, 1.54) is 31.5 Å². The van der Waals surface area contributed by atoms with E-state index in [0.717, 1.165) is 29.5 Å². The molecule has 190 valence electrons. The summed E-state index contributed by atoms with van der Waals surface area (Å²) in [5, 5.41) is 9.42. The maximum Gasteiger partial charge on any atom is 0.251 e. The molecule has 1 aliphatic rings. The Labute approximate surface area is 214 Å². The number of anilines is 3. The lowest BCUT2D eigenvalue weighted by molar-refractivity contribution is -0.106. The number of aryl methyl sites for hydroxylation is 1. The van der Waals surface area contributed by atoms with Crippen LogP contribution in [0.15, 0.2) is 42.6 Å². The van der Waals surface area contributed by atoms with Gasteiger partial charge >= 0.3 is 0 Å². The zero-order valence-electron chi connectivity index (χ0n) is 20.3. The minimum atomic E-state index is -0.425. The highest BCUT2D eigenvalue weighted by molar-refractivity contribution is 6.32. The maximum absolute atomic E-state index is 15.0. The Kier molecular flexibility index (Phi) is 9.58. The van der Waals surface area contributed by atoms with Crippen molar-refractivity contribution in [3.05, 3.63) is 64.6 Å². The number of aromatic nitrogens is 2. The van der Waals surface area contributed by atoms with Gasteiger partial charge in [-0.05, 0) is 60.7 Å². The van der Waals surface area contributed by atoms with Crippen LogP contribution in [-0.4, -0.2) is 35.4 Å². The molecule has 5 N–H and O–H groups in total. The fourth-order valence-corrected chi connectivity index (χ4v) is 4.27. The molecule has 36 heavy (non-hydrogen) atoms. The van der Waals surface area contributed by atoms with E-state index in [0.29, 0.717) is 22.4 Å². The van der Waals surface area contributed by atoms with Gasteiger partial charge in [-0.25, -0.2) is 9.37 Å². The van der Waals surface area contributed by atoms with Crippen molar-refractivity contribution in [2.24, 2.45) is 5.73 Å². The van der Waals surface area contributed by atoms with Crippen LogP contribution in [0.4, 0.5) is 21.8 Å². The van der Waals surface area contributed by atoms with E-state index in [9.17, 15) is 9.18 Å². The van der Waals surface area contributed by atoms with E-state index in [1.54, 1.807) is 25.2 Å². The summed E-state index contributed by atoms with van der Waals surface area (Å²) in [5.74, 6) is 0.250. The van der Waals surface area contributed by atoms with Gasteiger partial charge in [0.15, 0.2) is 5.82 Å². The number of primary amides is 1. The molecule has 0 atom stereocenters. The second-order valence-electron chi connectivity index (χ2n) is 8.43. The van der Waals surface area contributed by atoms with Gasteiger partial charge in [0.25, 0.3) is 5.91 Å². The van der Waals surface area contributed by atoms with E-state index in [2.05, 4.69) is 31.7 Å². The largest absolute Gasteiger partial charge is 0.372 e. The molecule has 0 bridgehead atoms. The Morgan fingerprint density at radius 2 is 1.83 bits per heavy atom. The van der Waals surface area contributed by atoms with Crippen molar-refractivity contribution in [3.63, 3.8) is 0 Å². The predicted molar refractivity (Wildman–Crippen MR) is 141 cm³/mol. The molecule has 1 fully saturated rings. The number of nitrogens with zero attached hydrogens (tertiary/aromatic N) is 2. The molecule has 2 aromatic carbocycles. The first-order valence-corrected chi connectivity index (χ1v) is 12.1. The van der Waals surface area contributed by atoms with Gasteiger partial charge in [0.05, 0.1) is 11.9 Å². The fraction of sp³-hybridized carbons (Fsp3) is 0.308. The van der Waals surface area contributed by atoms with Crippen molar-refractivity contribution in [3.8, 4) is 11.1 Å². The van der Waals surface area contributed by atoms with Crippen LogP contribution < -0.4 is 21.7 Å². The Morgan fingerprint density at radius 3 is 2.47 bits per heavy atom. The highest BCUT2D eigenvalue weighted by Crippen LogP contribution is 2.31. The minimum Gasteiger partial charge on any atom is -0.372 e. The van der Waals surface area contributed by atoms with Crippen molar-refractivity contribution < 1.29 is 14.0 Å². The summed E-state index contributed by atoms with van der Waals surface area (Å²) >= 11 is 6.29. The third-order valence-electron chi connectivity index (χ3n) is 5.94. The van der Waals surface area contributed by atoms with Crippen LogP contribution in [0.25, 0.3) is 11.1 Å². The Hall–Kier alpha value is -3.72. The first kappa shape index (κ1) is 26.9. The number of carbonyl (C=O) groups excluding carboxylic acids is 2. The lowest BCUT2D eigenvalue weighted by Gasteiger charge is -2.23. The number of benzene rings is 2. The van der Waals surface area contributed by atoms with Crippen LogP contribution in [0.1, 0.15) is 48.0 Å². The topological polar surface area (TPSA) is 122 Å². The number of amides is 2. The van der Waals surface area contributed by atoms with Gasteiger partial charge in [0.2, 0.25) is 12.4 Å². The molecule has 0 spiro atoms. The molecule has 1 saturated carbocycles. The zero-order valence-corrected chi connectivity index (χ0v) is 21.0. The molecule has 0 saturated heterocycles. The predicted octanol–water partition coefficient (Wildman–Crippen LogP) is 5.19. The molecule has 0 unspecified atom stereocenters. The Bertz CT molecular complexity index is 1200. The number of nitrogens with one attached hydrogen (secondary N) is 3. The summed E-state index contributed by atoms with van der Waals surface area (Å²) < 4.78 is 15.0. The number of hydrogen-bond donors (Lipinski definition) is 4. The van der Waals surface area contributed by atoms with Crippen molar-refractivity contribution >= 4 is 41.4 Å². The summed E-state index contributed by atoms with van der Waals surface area (Å²) in [6.45, 7) is 1.91. The molecule has 8 nitrogen and oxygen atoms in total. The number of halogens is 2. The number of carbonyl (C=O) groups is 2. The van der Waals surface area contributed by atoms with E-state index in [4.69, 9.17) is 16.4 Å². The summed E-state index contributed by atoms with van der Waals surface area (Å²) in [7, 11) is 1.58. The lowest BCUT2D eigenvalue weighted by atomic mass is 9.95. The van der Waals surface area contributed by atoms with Gasteiger partial charge in [0, 0.05) is 18.7 Å². The van der Waals surface area contributed by atoms with Crippen LogP contribution in [0.2, 0.25) is 5.02 Å². The van der Waals surface area contributed by atoms with Gasteiger partial charge in [0.1, 0.15) is 10.8 Å². The van der Waals surface area contributed by atoms with Crippen molar-refractivity contribution in [2.45, 2.75) is 45.1 Å². The quantitative estimate of drug-likeness (QED) is 0.337. The summed E-state index contributed by atoms with van der Waals surface area (Å²) in [6, 6.07) is 10.6. The molecule has 0 aliphatic heterocycles. The molecule has 0 radical (unpaired) electrons. The van der Waals surface area contributed by atoms with Gasteiger partial charge in [-0.2, -0.15) is 4.98 Å². The third-order valence-corrected chi connectivity index (χ3v) is 6.21. The molecular formula is C26H30ClFN6O2. The summed E-state index contributed by atoms with van der Waals surface area (Å²) in [6.07, 6.45) is 7.59. The standard InChI is InChI=1S/C25H27ClFN5O.CH3NO/c1-15-12-22(21(27)13-19(15)16-8-10-17(11-9-16)24(33)28-2)31-25-29-14-20(26)23(32-25)30-18-6-4-3-5-7-18;2-1-3/h8-14,18H,3-7H2,1-2H3,(H,28,33)(H2,29,30,31,32);1H,(H2,2,3). The smallest absolute Gasteiger partial charge is 0.251 e. The molecule has 1 heterocycles. The van der Waals surface area contributed by atoms with E-state index in [1.807, 2.05) is 19.1 Å². The minimum absolute atomic E-state index is 0.163. The van der Waals surface area contributed by atoms with Gasteiger partial charge in [-0.15, -0.1) is 0 Å². The second-order valence-corrected chi connectivity index (χ2v) is 8.84. The molecule has 3 aromatic rings. The average molecular weight is 513 g/mol. The maximum atomic E-state index is 15.0. The van der Waals surface area contributed by atoms with Crippen LogP contribution in [0, 0.1) is 12.7 Å². The molecule has 4 rings (SSSR count). The van der Waals surface area contributed by atoms with Crippen LogP contribution in [0.3, 0.4) is 0 Å². The van der Waals surface area contributed by atoms with Crippen LogP contribution >= 0.6 is 11.6 Å². The second kappa shape index (κ2) is 12.8. The summed E-state index contributed by atoms with van der Waals surface area (Å²) in [5.41, 5.74) is 7.45.